The normalized spacial score (nSPS) is 12.7. The molecule has 102 valence electrons. The number of fused-ring (bicyclic) bond motifs is 1. The van der Waals surface area contributed by atoms with E-state index in [9.17, 15) is 0 Å². The first-order valence-corrected chi connectivity index (χ1v) is 8.25. The fraction of sp³-hybridized carbons (Fsp3) is 0.188. The van der Waals surface area contributed by atoms with E-state index in [-0.39, 0.29) is 5.25 Å². The van der Waals surface area contributed by atoms with Gasteiger partial charge in [0.25, 0.3) is 0 Å². The minimum Gasteiger partial charge on any atom is -0.329 e. The van der Waals surface area contributed by atoms with Crippen LogP contribution in [0.2, 0.25) is 0 Å². The largest absolute Gasteiger partial charge is 0.329 e. The predicted octanol–water partition coefficient (Wildman–Crippen LogP) is 4.40. The van der Waals surface area contributed by atoms with Crippen LogP contribution in [0, 0.1) is 6.92 Å². The van der Waals surface area contributed by atoms with Gasteiger partial charge in [-0.2, -0.15) is 0 Å². The highest BCUT2D eigenvalue weighted by Gasteiger charge is 2.14. The lowest BCUT2D eigenvalue weighted by atomic mass is 10.1. The number of para-hydroxylation sites is 1. The molecule has 3 rings (SSSR count). The topological polar surface area (TPSA) is 38.9 Å². The monoisotopic (exact) mass is 300 g/mol. The van der Waals surface area contributed by atoms with Crippen molar-refractivity contribution in [3.05, 3.63) is 59.7 Å². The second kappa shape index (κ2) is 5.95. The maximum atomic E-state index is 5.94. The number of rotatable bonds is 4. The molecule has 0 bridgehead atoms. The number of hydrogen-bond acceptors (Lipinski definition) is 4. The zero-order valence-corrected chi connectivity index (χ0v) is 12.9. The van der Waals surface area contributed by atoms with Gasteiger partial charge in [-0.3, -0.25) is 0 Å². The van der Waals surface area contributed by atoms with Crippen LogP contribution in [0.15, 0.2) is 52.9 Å². The summed E-state index contributed by atoms with van der Waals surface area (Å²) >= 11 is 3.49. The summed E-state index contributed by atoms with van der Waals surface area (Å²) in [5.41, 5.74) is 9.55. The summed E-state index contributed by atoms with van der Waals surface area (Å²) in [7, 11) is 0. The first kappa shape index (κ1) is 13.6. The first-order chi connectivity index (χ1) is 9.76. The number of aryl methyl sites for hydroxylation is 1. The van der Waals surface area contributed by atoms with Gasteiger partial charge in [-0.05, 0) is 24.6 Å². The van der Waals surface area contributed by atoms with Crippen LogP contribution in [0.3, 0.4) is 0 Å². The van der Waals surface area contributed by atoms with Crippen LogP contribution in [-0.2, 0) is 0 Å². The van der Waals surface area contributed by atoms with Gasteiger partial charge in [0.15, 0.2) is 4.34 Å². The van der Waals surface area contributed by atoms with Crippen LogP contribution in [0.1, 0.15) is 16.4 Å². The van der Waals surface area contributed by atoms with Crippen LogP contribution in [-0.4, -0.2) is 11.5 Å². The Balaban J connectivity index is 1.85. The number of thioether (sulfide) groups is 1. The van der Waals surface area contributed by atoms with Crippen LogP contribution >= 0.6 is 23.1 Å². The highest BCUT2D eigenvalue weighted by Crippen LogP contribution is 2.38. The smallest absolute Gasteiger partial charge is 0.151 e. The number of nitrogens with zero attached hydrogens (tertiary/aromatic N) is 1. The third-order valence-corrected chi connectivity index (χ3v) is 5.59. The van der Waals surface area contributed by atoms with Gasteiger partial charge in [-0.1, -0.05) is 53.7 Å². The summed E-state index contributed by atoms with van der Waals surface area (Å²) in [5, 5.41) is 0.260. The Morgan fingerprint density at radius 1 is 1.15 bits per heavy atom. The van der Waals surface area contributed by atoms with E-state index in [0.717, 1.165) is 9.86 Å². The Morgan fingerprint density at radius 3 is 2.60 bits per heavy atom. The Kier molecular flexibility index (Phi) is 4.05. The minimum atomic E-state index is 0.260. The average molecular weight is 300 g/mol. The van der Waals surface area contributed by atoms with Gasteiger partial charge in [0.2, 0.25) is 0 Å². The van der Waals surface area contributed by atoms with Crippen molar-refractivity contribution in [1.82, 2.24) is 4.98 Å². The maximum absolute atomic E-state index is 5.94. The Morgan fingerprint density at radius 2 is 1.90 bits per heavy atom. The molecule has 0 aliphatic rings. The first-order valence-electron chi connectivity index (χ1n) is 6.55. The molecule has 4 heteroatoms. The molecule has 0 radical (unpaired) electrons. The van der Waals surface area contributed by atoms with Gasteiger partial charge in [0, 0.05) is 11.8 Å². The summed E-state index contributed by atoms with van der Waals surface area (Å²) in [5.74, 6) is 0. The van der Waals surface area contributed by atoms with E-state index in [1.807, 2.05) is 6.07 Å². The summed E-state index contributed by atoms with van der Waals surface area (Å²) in [6.07, 6.45) is 0. The Labute approximate surface area is 127 Å². The van der Waals surface area contributed by atoms with Gasteiger partial charge in [0.05, 0.1) is 10.2 Å². The van der Waals surface area contributed by atoms with Gasteiger partial charge < -0.3 is 5.73 Å². The van der Waals surface area contributed by atoms with Crippen molar-refractivity contribution in [3.8, 4) is 0 Å². The maximum Gasteiger partial charge on any atom is 0.151 e. The van der Waals surface area contributed by atoms with Gasteiger partial charge in [0.1, 0.15) is 0 Å². The molecule has 2 nitrogen and oxygen atoms in total. The van der Waals surface area contributed by atoms with Crippen molar-refractivity contribution in [2.75, 3.05) is 6.54 Å². The number of thiazole rings is 1. The van der Waals surface area contributed by atoms with E-state index in [1.54, 1.807) is 23.1 Å². The van der Waals surface area contributed by atoms with Crippen molar-refractivity contribution in [2.24, 2.45) is 5.73 Å². The molecule has 2 aromatic carbocycles. The zero-order chi connectivity index (χ0) is 13.9. The summed E-state index contributed by atoms with van der Waals surface area (Å²) in [6.45, 7) is 2.71. The molecule has 20 heavy (non-hydrogen) atoms. The van der Waals surface area contributed by atoms with E-state index in [4.69, 9.17) is 5.73 Å². The number of hydrogen-bond donors (Lipinski definition) is 1. The van der Waals surface area contributed by atoms with E-state index in [0.29, 0.717) is 6.54 Å². The molecule has 0 aliphatic carbocycles. The molecule has 0 saturated heterocycles. The summed E-state index contributed by atoms with van der Waals surface area (Å²) in [6, 6.07) is 16.8. The molecule has 1 heterocycles. The van der Waals surface area contributed by atoms with Crippen molar-refractivity contribution in [3.63, 3.8) is 0 Å². The van der Waals surface area contributed by atoms with Crippen molar-refractivity contribution in [1.29, 1.82) is 0 Å². The van der Waals surface area contributed by atoms with E-state index < -0.39 is 0 Å². The zero-order valence-electron chi connectivity index (χ0n) is 11.2. The molecule has 1 unspecified atom stereocenters. The van der Waals surface area contributed by atoms with Gasteiger partial charge >= 0.3 is 0 Å². The Bertz CT molecular complexity index is 671. The van der Waals surface area contributed by atoms with Crippen LogP contribution in [0.25, 0.3) is 10.2 Å². The number of nitrogens with two attached hydrogens (primary N) is 1. The van der Waals surface area contributed by atoms with Crippen molar-refractivity contribution < 1.29 is 0 Å². The van der Waals surface area contributed by atoms with Crippen molar-refractivity contribution in [2.45, 2.75) is 16.5 Å². The van der Waals surface area contributed by atoms with E-state index in [1.165, 1.54) is 15.8 Å². The SMILES string of the molecule is Cc1ccc(C(CN)Sc2nc3ccccc3s2)cc1. The highest BCUT2D eigenvalue weighted by atomic mass is 32.2. The predicted molar refractivity (Wildman–Crippen MR) is 88.5 cm³/mol. The summed E-state index contributed by atoms with van der Waals surface area (Å²) in [4.78, 5) is 4.67. The van der Waals surface area contributed by atoms with Crippen molar-refractivity contribution >= 4 is 33.3 Å². The van der Waals surface area contributed by atoms with Gasteiger partial charge in [-0.15, -0.1) is 11.3 Å². The molecule has 0 aliphatic heterocycles. The standard InChI is InChI=1S/C16H16N2S2/c1-11-6-8-12(9-7-11)15(10-17)20-16-18-13-4-2-3-5-14(13)19-16/h2-9,15H,10,17H2,1H3. The second-order valence-electron chi connectivity index (χ2n) is 4.70. The quantitative estimate of drug-likeness (QED) is 0.726. The molecular weight excluding hydrogens is 284 g/mol. The van der Waals surface area contributed by atoms with E-state index >= 15 is 0 Å². The Hall–Kier alpha value is -1.36. The summed E-state index contributed by atoms with van der Waals surface area (Å²) < 4.78 is 2.32. The molecular formula is C16H16N2S2. The van der Waals surface area contributed by atoms with Crippen LogP contribution in [0.5, 0.6) is 0 Å². The molecule has 1 aromatic heterocycles. The molecule has 2 N–H and O–H groups in total. The third kappa shape index (κ3) is 2.87. The lowest BCUT2D eigenvalue weighted by Crippen LogP contribution is -2.09. The number of aromatic nitrogens is 1. The third-order valence-electron chi connectivity index (χ3n) is 3.18. The van der Waals surface area contributed by atoms with Crippen LogP contribution < -0.4 is 5.73 Å². The lowest BCUT2D eigenvalue weighted by Gasteiger charge is -2.13. The van der Waals surface area contributed by atoms with Crippen LogP contribution in [0.4, 0.5) is 0 Å². The molecule has 0 fully saturated rings. The highest BCUT2D eigenvalue weighted by molar-refractivity contribution is 8.01. The lowest BCUT2D eigenvalue weighted by molar-refractivity contribution is 0.939. The van der Waals surface area contributed by atoms with Gasteiger partial charge in [-0.25, -0.2) is 4.98 Å². The number of benzene rings is 2. The fourth-order valence-corrected chi connectivity index (χ4v) is 4.35. The fourth-order valence-electron chi connectivity index (χ4n) is 2.06. The molecule has 0 spiro atoms. The molecule has 0 amide bonds. The second-order valence-corrected chi connectivity index (χ2v) is 7.18. The van der Waals surface area contributed by atoms with E-state index in [2.05, 4.69) is 54.4 Å². The molecule has 0 saturated carbocycles. The average Bonchev–Trinajstić information content (AvgIpc) is 2.88. The molecule has 3 aromatic rings. The minimum absolute atomic E-state index is 0.260. The molecule has 1 atom stereocenters.